The van der Waals surface area contributed by atoms with Gasteiger partial charge in [-0.25, -0.2) is 4.39 Å². The van der Waals surface area contributed by atoms with Crippen LogP contribution in [0.2, 0.25) is 0 Å². The second-order valence-corrected chi connectivity index (χ2v) is 6.91. The number of ether oxygens (including phenoxy) is 1. The van der Waals surface area contributed by atoms with Crippen LogP contribution in [-0.2, 0) is 4.74 Å². The summed E-state index contributed by atoms with van der Waals surface area (Å²) in [6.07, 6.45) is 3.85. The Bertz CT molecular complexity index is 918. The number of dihydropyridines is 1. The number of nitrogens with zero attached hydrogens (tertiary/aromatic N) is 1. The molecule has 0 aromatic heterocycles. The molecule has 134 valence electrons. The molecule has 4 nitrogen and oxygen atoms in total. The van der Waals surface area contributed by atoms with Crippen LogP contribution in [0.5, 0.6) is 0 Å². The molecule has 0 radical (unpaired) electrons. The highest BCUT2D eigenvalue weighted by Gasteiger charge is 2.31. The molecule has 2 N–H and O–H groups in total. The van der Waals surface area contributed by atoms with E-state index in [9.17, 15) is 4.39 Å². The lowest BCUT2D eigenvalue weighted by molar-refractivity contribution is 0.250. The van der Waals surface area contributed by atoms with Gasteiger partial charge in [-0.1, -0.05) is 24.3 Å². The molecule has 0 bridgehead atoms. The standard InChI is InChI=1S/C20H20FN3OS/c1-25-19-8-6-16(10-22-19)23-20(26)24-11-14(12-24)17-4-2-3-13-9-15(21)5-7-18(13)17/h2-9,14,22H,10-12H2,1H3,(H,23,26). The third kappa shape index (κ3) is 3.24. The SMILES string of the molecule is COC1=CC=C(NC(=S)N2CC(c3cccc4cc(F)ccc34)C2)CN1. The summed E-state index contributed by atoms with van der Waals surface area (Å²) in [6, 6.07) is 11.1. The van der Waals surface area contributed by atoms with E-state index in [0.29, 0.717) is 12.5 Å². The van der Waals surface area contributed by atoms with Crippen LogP contribution in [0, 0.1) is 5.82 Å². The van der Waals surface area contributed by atoms with E-state index in [1.165, 1.54) is 11.6 Å². The fourth-order valence-electron chi connectivity index (χ4n) is 3.40. The number of rotatable bonds is 3. The number of hydrogen-bond acceptors (Lipinski definition) is 3. The van der Waals surface area contributed by atoms with Crippen LogP contribution in [0.4, 0.5) is 4.39 Å². The molecular formula is C20H20FN3OS. The van der Waals surface area contributed by atoms with E-state index in [4.69, 9.17) is 17.0 Å². The molecule has 2 aliphatic heterocycles. The van der Waals surface area contributed by atoms with Gasteiger partial charge in [0.25, 0.3) is 0 Å². The van der Waals surface area contributed by atoms with Crippen molar-refractivity contribution < 1.29 is 9.13 Å². The van der Waals surface area contributed by atoms with Crippen LogP contribution >= 0.6 is 12.2 Å². The van der Waals surface area contributed by atoms with Crippen molar-refractivity contribution in [3.05, 3.63) is 71.5 Å². The van der Waals surface area contributed by atoms with Crippen molar-refractivity contribution in [3.8, 4) is 0 Å². The molecule has 1 saturated heterocycles. The topological polar surface area (TPSA) is 36.5 Å². The number of likely N-dealkylation sites (tertiary alicyclic amines) is 1. The molecule has 2 aliphatic rings. The summed E-state index contributed by atoms with van der Waals surface area (Å²) in [5, 5.41) is 9.24. The quantitative estimate of drug-likeness (QED) is 0.813. The first kappa shape index (κ1) is 16.8. The Morgan fingerprint density at radius 3 is 2.85 bits per heavy atom. The van der Waals surface area contributed by atoms with E-state index < -0.39 is 0 Å². The third-order valence-electron chi connectivity index (χ3n) is 4.86. The van der Waals surface area contributed by atoms with Crippen LogP contribution in [0.3, 0.4) is 0 Å². The van der Waals surface area contributed by atoms with Crippen molar-refractivity contribution >= 4 is 28.1 Å². The molecule has 6 heteroatoms. The van der Waals surface area contributed by atoms with Gasteiger partial charge in [0.1, 0.15) is 5.82 Å². The largest absolute Gasteiger partial charge is 0.483 e. The Morgan fingerprint density at radius 2 is 2.12 bits per heavy atom. The summed E-state index contributed by atoms with van der Waals surface area (Å²) in [6.45, 7) is 2.39. The van der Waals surface area contributed by atoms with E-state index in [0.717, 1.165) is 40.6 Å². The number of thiocarbonyl (C=S) groups is 1. The van der Waals surface area contributed by atoms with Crippen molar-refractivity contribution in [3.63, 3.8) is 0 Å². The highest BCUT2D eigenvalue weighted by Crippen LogP contribution is 2.32. The second kappa shape index (κ2) is 6.96. The molecule has 0 atom stereocenters. The molecule has 4 rings (SSSR count). The maximum Gasteiger partial charge on any atom is 0.186 e. The predicted octanol–water partition coefficient (Wildman–Crippen LogP) is 3.23. The van der Waals surface area contributed by atoms with E-state index in [2.05, 4.69) is 21.6 Å². The molecular weight excluding hydrogens is 349 g/mol. The zero-order valence-corrected chi connectivity index (χ0v) is 15.3. The first-order valence-corrected chi connectivity index (χ1v) is 8.97. The van der Waals surface area contributed by atoms with Crippen LogP contribution in [0.15, 0.2) is 60.1 Å². The molecule has 0 spiro atoms. The van der Waals surface area contributed by atoms with E-state index >= 15 is 0 Å². The maximum atomic E-state index is 13.4. The minimum absolute atomic E-state index is 0.199. The summed E-state index contributed by atoms with van der Waals surface area (Å²) >= 11 is 5.53. The lowest BCUT2D eigenvalue weighted by Gasteiger charge is -2.42. The van der Waals surface area contributed by atoms with Crippen LogP contribution in [-0.4, -0.2) is 36.8 Å². The second-order valence-electron chi connectivity index (χ2n) is 6.53. The fraction of sp³-hybridized carbons (Fsp3) is 0.250. The number of fused-ring (bicyclic) bond motifs is 1. The first-order chi connectivity index (χ1) is 12.6. The van der Waals surface area contributed by atoms with Gasteiger partial charge in [0.05, 0.1) is 13.7 Å². The van der Waals surface area contributed by atoms with E-state index in [1.54, 1.807) is 13.2 Å². The molecule has 2 heterocycles. The van der Waals surface area contributed by atoms with Crippen molar-refractivity contribution in [1.29, 1.82) is 0 Å². The Kier molecular flexibility index (Phi) is 4.51. The van der Waals surface area contributed by atoms with Gasteiger partial charge in [0.2, 0.25) is 0 Å². The van der Waals surface area contributed by atoms with Gasteiger partial charge in [0, 0.05) is 24.7 Å². The fourth-order valence-corrected chi connectivity index (χ4v) is 3.68. The zero-order chi connectivity index (χ0) is 18.1. The number of methoxy groups -OCH3 is 1. The molecule has 0 amide bonds. The Labute approximate surface area is 157 Å². The molecule has 0 unspecified atom stereocenters. The zero-order valence-electron chi connectivity index (χ0n) is 14.5. The Balaban J connectivity index is 1.41. The smallest absolute Gasteiger partial charge is 0.186 e. The van der Waals surface area contributed by atoms with Gasteiger partial charge in [-0.2, -0.15) is 0 Å². The summed E-state index contributed by atoms with van der Waals surface area (Å²) in [4.78, 5) is 2.15. The van der Waals surface area contributed by atoms with E-state index in [-0.39, 0.29) is 5.82 Å². The van der Waals surface area contributed by atoms with Crippen molar-refractivity contribution in [1.82, 2.24) is 15.5 Å². The van der Waals surface area contributed by atoms with Gasteiger partial charge in [0.15, 0.2) is 11.0 Å². The highest BCUT2D eigenvalue weighted by molar-refractivity contribution is 7.80. The minimum Gasteiger partial charge on any atom is -0.483 e. The number of halogens is 1. The average Bonchev–Trinajstić information content (AvgIpc) is 2.61. The number of nitrogens with one attached hydrogen (secondary N) is 2. The lowest BCUT2D eigenvalue weighted by Crippen LogP contribution is -2.52. The van der Waals surface area contributed by atoms with Crippen molar-refractivity contribution in [2.24, 2.45) is 0 Å². The van der Waals surface area contributed by atoms with Gasteiger partial charge in [-0.15, -0.1) is 0 Å². The van der Waals surface area contributed by atoms with Crippen LogP contribution in [0.25, 0.3) is 10.8 Å². The molecule has 1 fully saturated rings. The van der Waals surface area contributed by atoms with Gasteiger partial charge in [-0.05, 0) is 52.8 Å². The van der Waals surface area contributed by atoms with Gasteiger partial charge < -0.3 is 20.3 Å². The van der Waals surface area contributed by atoms with Gasteiger partial charge >= 0.3 is 0 Å². The van der Waals surface area contributed by atoms with Crippen molar-refractivity contribution in [2.75, 3.05) is 26.7 Å². The normalized spacial score (nSPS) is 17.1. The number of benzene rings is 2. The number of allylic oxidation sites excluding steroid dienone is 2. The molecule has 0 aliphatic carbocycles. The molecule has 26 heavy (non-hydrogen) atoms. The minimum atomic E-state index is -0.199. The van der Waals surface area contributed by atoms with Crippen molar-refractivity contribution in [2.45, 2.75) is 5.92 Å². The monoisotopic (exact) mass is 369 g/mol. The predicted molar refractivity (Wildman–Crippen MR) is 105 cm³/mol. The van der Waals surface area contributed by atoms with Crippen LogP contribution < -0.4 is 10.6 Å². The molecule has 2 aromatic carbocycles. The molecule has 2 aromatic rings. The maximum absolute atomic E-state index is 13.4. The van der Waals surface area contributed by atoms with E-state index in [1.807, 2.05) is 30.4 Å². The summed E-state index contributed by atoms with van der Waals surface area (Å²) in [5.74, 6) is 0.954. The third-order valence-corrected chi connectivity index (χ3v) is 5.22. The Hall–Kier alpha value is -2.60. The highest BCUT2D eigenvalue weighted by atomic mass is 32.1. The average molecular weight is 369 g/mol. The summed E-state index contributed by atoms with van der Waals surface area (Å²) in [7, 11) is 1.64. The first-order valence-electron chi connectivity index (χ1n) is 8.57. The lowest BCUT2D eigenvalue weighted by atomic mass is 9.88. The van der Waals surface area contributed by atoms with Crippen LogP contribution in [0.1, 0.15) is 11.5 Å². The summed E-state index contributed by atoms with van der Waals surface area (Å²) < 4.78 is 18.6. The Morgan fingerprint density at radius 1 is 1.27 bits per heavy atom. The summed E-state index contributed by atoms with van der Waals surface area (Å²) in [5.41, 5.74) is 2.27. The van der Waals surface area contributed by atoms with Gasteiger partial charge in [-0.3, -0.25) is 0 Å². The number of hydrogen-bond donors (Lipinski definition) is 2. The molecule has 0 saturated carbocycles.